The summed E-state index contributed by atoms with van der Waals surface area (Å²) < 4.78 is 0. The number of hydrogen-bond donors (Lipinski definition) is 1. The number of nitrogens with zero attached hydrogens (tertiary/aromatic N) is 1. The summed E-state index contributed by atoms with van der Waals surface area (Å²) in [6.07, 6.45) is 0. The molecule has 3 nitrogen and oxygen atoms in total. The second-order valence-corrected chi connectivity index (χ2v) is 4.44. The summed E-state index contributed by atoms with van der Waals surface area (Å²) in [6, 6.07) is 15.3. The minimum absolute atomic E-state index is 0.293. The predicted molar refractivity (Wildman–Crippen MR) is 76.3 cm³/mol. The van der Waals surface area contributed by atoms with Crippen LogP contribution in [0.5, 0.6) is 5.75 Å². The minimum atomic E-state index is 0.293. The monoisotopic (exact) mass is 255 g/mol. The molecule has 0 spiro atoms. The van der Waals surface area contributed by atoms with Gasteiger partial charge in [0.2, 0.25) is 0 Å². The number of oxime groups is 1. The lowest BCUT2D eigenvalue weighted by molar-refractivity contribution is 0.130. The number of phenols is 1. The van der Waals surface area contributed by atoms with Crippen LogP contribution in [0.3, 0.4) is 0 Å². The summed E-state index contributed by atoms with van der Waals surface area (Å²) in [5.74, 6) is 0.293. The first kappa shape index (κ1) is 13.1. The summed E-state index contributed by atoms with van der Waals surface area (Å²) >= 11 is 0. The van der Waals surface area contributed by atoms with Gasteiger partial charge in [0.25, 0.3) is 0 Å². The number of aryl methyl sites for hydroxylation is 1. The molecular formula is C16H17NO2. The summed E-state index contributed by atoms with van der Waals surface area (Å²) in [7, 11) is 0. The number of phenolic OH excluding ortho intramolecular Hbond substituents is 1. The predicted octanol–water partition coefficient (Wildman–Crippen LogP) is 3.64. The third kappa shape index (κ3) is 3.58. The van der Waals surface area contributed by atoms with Crippen molar-refractivity contribution in [2.24, 2.45) is 5.16 Å². The molecule has 0 atom stereocenters. The van der Waals surface area contributed by atoms with Gasteiger partial charge in [0.05, 0.1) is 5.71 Å². The van der Waals surface area contributed by atoms with Gasteiger partial charge in [0.15, 0.2) is 0 Å². The highest BCUT2D eigenvalue weighted by molar-refractivity contribution is 5.98. The molecule has 0 bridgehead atoms. The van der Waals surface area contributed by atoms with Gasteiger partial charge in [-0.15, -0.1) is 0 Å². The van der Waals surface area contributed by atoms with Gasteiger partial charge in [-0.3, -0.25) is 0 Å². The van der Waals surface area contributed by atoms with E-state index in [2.05, 4.69) is 5.16 Å². The second-order valence-electron chi connectivity index (χ2n) is 4.44. The molecule has 2 rings (SSSR count). The first-order chi connectivity index (χ1) is 9.16. The molecule has 0 aliphatic carbocycles. The SMILES string of the molecule is C/C(=N\OCc1ccccc1)c1ccc(O)c(C)c1. The van der Waals surface area contributed by atoms with Gasteiger partial charge < -0.3 is 9.94 Å². The molecule has 1 N–H and O–H groups in total. The van der Waals surface area contributed by atoms with Gasteiger partial charge >= 0.3 is 0 Å². The Hall–Kier alpha value is -2.29. The van der Waals surface area contributed by atoms with Crippen LogP contribution in [-0.4, -0.2) is 10.8 Å². The second kappa shape index (κ2) is 6.05. The van der Waals surface area contributed by atoms with E-state index < -0.39 is 0 Å². The maximum Gasteiger partial charge on any atom is 0.142 e. The van der Waals surface area contributed by atoms with E-state index in [-0.39, 0.29) is 0 Å². The van der Waals surface area contributed by atoms with Crippen LogP contribution in [0.1, 0.15) is 23.6 Å². The van der Waals surface area contributed by atoms with Crippen molar-refractivity contribution in [3.05, 3.63) is 65.2 Å². The highest BCUT2D eigenvalue weighted by atomic mass is 16.6. The maximum absolute atomic E-state index is 9.48. The standard InChI is InChI=1S/C16H17NO2/c1-12-10-15(8-9-16(12)18)13(2)17-19-11-14-6-4-3-5-7-14/h3-10,18H,11H2,1-2H3/b17-13+. The third-order valence-corrected chi connectivity index (χ3v) is 2.89. The Morgan fingerprint density at radius 1 is 1.16 bits per heavy atom. The molecule has 0 radical (unpaired) electrons. The first-order valence-electron chi connectivity index (χ1n) is 6.17. The zero-order valence-corrected chi connectivity index (χ0v) is 11.1. The van der Waals surface area contributed by atoms with Crippen LogP contribution in [-0.2, 0) is 11.4 Å². The zero-order valence-electron chi connectivity index (χ0n) is 11.1. The highest BCUT2D eigenvalue weighted by Gasteiger charge is 2.01. The first-order valence-corrected chi connectivity index (χ1v) is 6.17. The van der Waals surface area contributed by atoms with E-state index in [0.717, 1.165) is 22.4 Å². The van der Waals surface area contributed by atoms with Crippen LogP contribution in [0.2, 0.25) is 0 Å². The molecule has 0 aliphatic heterocycles. The molecule has 3 heteroatoms. The number of benzene rings is 2. The lowest BCUT2D eigenvalue weighted by Crippen LogP contribution is -1.97. The maximum atomic E-state index is 9.48. The van der Waals surface area contributed by atoms with Crippen molar-refractivity contribution in [2.75, 3.05) is 0 Å². The van der Waals surface area contributed by atoms with Crippen molar-refractivity contribution >= 4 is 5.71 Å². The molecule has 0 aromatic heterocycles. The fourth-order valence-electron chi connectivity index (χ4n) is 1.71. The van der Waals surface area contributed by atoms with Gasteiger partial charge in [-0.1, -0.05) is 35.5 Å². The van der Waals surface area contributed by atoms with Crippen LogP contribution in [0.4, 0.5) is 0 Å². The molecule has 0 saturated carbocycles. The van der Waals surface area contributed by atoms with Crippen molar-refractivity contribution in [2.45, 2.75) is 20.5 Å². The van der Waals surface area contributed by atoms with Crippen molar-refractivity contribution in [3.8, 4) is 5.75 Å². The fraction of sp³-hybridized carbons (Fsp3) is 0.188. The van der Waals surface area contributed by atoms with Gasteiger partial charge in [-0.25, -0.2) is 0 Å². The molecule has 2 aromatic carbocycles. The summed E-state index contributed by atoms with van der Waals surface area (Å²) in [6.45, 7) is 4.20. The van der Waals surface area contributed by atoms with Crippen LogP contribution >= 0.6 is 0 Å². The molecule has 0 saturated heterocycles. The molecule has 98 valence electrons. The quantitative estimate of drug-likeness (QED) is 0.669. The van der Waals surface area contributed by atoms with Crippen molar-refractivity contribution in [1.82, 2.24) is 0 Å². The summed E-state index contributed by atoms with van der Waals surface area (Å²) in [5, 5.41) is 13.6. The molecule has 0 fully saturated rings. The summed E-state index contributed by atoms with van der Waals surface area (Å²) in [4.78, 5) is 5.33. The molecule has 0 unspecified atom stereocenters. The zero-order chi connectivity index (χ0) is 13.7. The molecule has 0 heterocycles. The van der Waals surface area contributed by atoms with Crippen LogP contribution in [0.25, 0.3) is 0 Å². The summed E-state index contributed by atoms with van der Waals surface area (Å²) in [5.41, 5.74) is 3.65. The van der Waals surface area contributed by atoms with E-state index in [1.807, 2.05) is 56.3 Å². The van der Waals surface area contributed by atoms with E-state index in [4.69, 9.17) is 4.84 Å². The number of rotatable bonds is 4. The van der Waals surface area contributed by atoms with Gasteiger partial charge in [-0.2, -0.15) is 0 Å². The largest absolute Gasteiger partial charge is 0.508 e. The van der Waals surface area contributed by atoms with Gasteiger partial charge in [0, 0.05) is 0 Å². The lowest BCUT2D eigenvalue weighted by atomic mass is 10.1. The number of aromatic hydroxyl groups is 1. The van der Waals surface area contributed by atoms with Crippen molar-refractivity contribution in [1.29, 1.82) is 0 Å². The molecule has 0 amide bonds. The number of hydrogen-bond acceptors (Lipinski definition) is 3. The Bertz CT molecular complexity index is 577. The van der Waals surface area contributed by atoms with Crippen LogP contribution in [0, 0.1) is 6.92 Å². The lowest BCUT2D eigenvalue weighted by Gasteiger charge is -2.05. The topological polar surface area (TPSA) is 41.8 Å². The average Bonchev–Trinajstić information content (AvgIpc) is 2.43. The van der Waals surface area contributed by atoms with E-state index in [1.54, 1.807) is 6.07 Å². The molecule has 19 heavy (non-hydrogen) atoms. The molecule has 0 aliphatic rings. The fourth-order valence-corrected chi connectivity index (χ4v) is 1.71. The normalized spacial score (nSPS) is 11.4. The van der Waals surface area contributed by atoms with E-state index >= 15 is 0 Å². The average molecular weight is 255 g/mol. The van der Waals surface area contributed by atoms with E-state index in [1.165, 1.54) is 0 Å². The Morgan fingerprint density at radius 2 is 1.89 bits per heavy atom. The van der Waals surface area contributed by atoms with Gasteiger partial charge in [-0.05, 0) is 48.7 Å². The van der Waals surface area contributed by atoms with E-state index in [9.17, 15) is 5.11 Å². The Labute approximate surface area is 113 Å². The van der Waals surface area contributed by atoms with Crippen molar-refractivity contribution < 1.29 is 9.94 Å². The smallest absolute Gasteiger partial charge is 0.142 e. The third-order valence-electron chi connectivity index (χ3n) is 2.89. The molecule has 2 aromatic rings. The Morgan fingerprint density at radius 3 is 2.58 bits per heavy atom. The Kier molecular flexibility index (Phi) is 4.18. The highest BCUT2D eigenvalue weighted by Crippen LogP contribution is 2.17. The van der Waals surface area contributed by atoms with Crippen molar-refractivity contribution in [3.63, 3.8) is 0 Å². The minimum Gasteiger partial charge on any atom is -0.508 e. The van der Waals surface area contributed by atoms with E-state index in [0.29, 0.717) is 12.4 Å². The van der Waals surface area contributed by atoms with Gasteiger partial charge in [0.1, 0.15) is 12.4 Å². The Balaban J connectivity index is 2.01. The molecular weight excluding hydrogens is 238 g/mol. The van der Waals surface area contributed by atoms with Crippen LogP contribution in [0.15, 0.2) is 53.7 Å². The van der Waals surface area contributed by atoms with Crippen LogP contribution < -0.4 is 0 Å².